The van der Waals surface area contributed by atoms with Crippen LogP contribution in [0.5, 0.6) is 0 Å². The van der Waals surface area contributed by atoms with Gasteiger partial charge in [0.25, 0.3) is 0 Å². The zero-order chi connectivity index (χ0) is 8.67. The van der Waals surface area contributed by atoms with E-state index in [1.807, 2.05) is 0 Å². The minimum Gasteiger partial charge on any atom is -0.316 e. The summed E-state index contributed by atoms with van der Waals surface area (Å²) in [6.07, 6.45) is 3.88. The molecule has 1 heterocycles. The van der Waals surface area contributed by atoms with E-state index in [2.05, 4.69) is 23.5 Å². The van der Waals surface area contributed by atoms with E-state index in [4.69, 9.17) is 0 Å². The number of aryl methyl sites for hydroxylation is 1. The molecule has 1 nitrogen and oxygen atoms in total. The van der Waals surface area contributed by atoms with Crippen LogP contribution in [0.1, 0.15) is 29.0 Å². The predicted molar refractivity (Wildman–Crippen MR) is 54.1 cm³/mol. The van der Waals surface area contributed by atoms with Crippen LogP contribution in [0, 0.1) is 0 Å². The molecule has 1 aliphatic heterocycles. The van der Waals surface area contributed by atoms with Crippen molar-refractivity contribution in [1.29, 1.82) is 0 Å². The summed E-state index contributed by atoms with van der Waals surface area (Å²) < 4.78 is 0. The first-order chi connectivity index (χ1) is 6.45. The topological polar surface area (TPSA) is 12.0 Å². The molecule has 0 amide bonds. The quantitative estimate of drug-likeness (QED) is 0.631. The maximum atomic E-state index is 3.53. The van der Waals surface area contributed by atoms with Gasteiger partial charge in [0.15, 0.2) is 0 Å². The minimum absolute atomic E-state index is 0.814. The molecule has 1 atom stereocenters. The molecule has 13 heavy (non-hydrogen) atoms. The van der Waals surface area contributed by atoms with E-state index in [1.165, 1.54) is 25.8 Å². The van der Waals surface area contributed by atoms with Crippen LogP contribution < -0.4 is 5.32 Å². The van der Waals surface area contributed by atoms with E-state index in [0.29, 0.717) is 0 Å². The SMILES string of the molecule is c1cc2c3c(c1)CCC3CNCC2. The van der Waals surface area contributed by atoms with Gasteiger partial charge in [-0.05, 0) is 48.4 Å². The third-order valence-corrected chi connectivity index (χ3v) is 3.42. The summed E-state index contributed by atoms with van der Waals surface area (Å²) in [5.41, 5.74) is 4.91. The van der Waals surface area contributed by atoms with Crippen LogP contribution in [0.4, 0.5) is 0 Å². The van der Waals surface area contributed by atoms with Crippen LogP contribution in [-0.2, 0) is 12.8 Å². The molecule has 0 fully saturated rings. The van der Waals surface area contributed by atoms with Crippen LogP contribution >= 0.6 is 0 Å². The third kappa shape index (κ3) is 1.11. The van der Waals surface area contributed by atoms with Gasteiger partial charge in [0.05, 0.1) is 0 Å². The molecule has 0 saturated carbocycles. The summed E-state index contributed by atoms with van der Waals surface area (Å²) in [5.74, 6) is 0.814. The number of rotatable bonds is 0. The fourth-order valence-electron chi connectivity index (χ4n) is 2.80. The summed E-state index contributed by atoms with van der Waals surface area (Å²) in [6.45, 7) is 2.36. The minimum atomic E-state index is 0.814. The summed E-state index contributed by atoms with van der Waals surface area (Å²) >= 11 is 0. The molecule has 0 bridgehead atoms. The molecule has 1 unspecified atom stereocenters. The van der Waals surface area contributed by atoms with Gasteiger partial charge in [-0.1, -0.05) is 18.2 Å². The van der Waals surface area contributed by atoms with Gasteiger partial charge in [-0.2, -0.15) is 0 Å². The zero-order valence-electron chi connectivity index (χ0n) is 7.84. The molecule has 68 valence electrons. The Morgan fingerprint density at radius 1 is 1.15 bits per heavy atom. The second-order valence-electron chi connectivity index (χ2n) is 4.18. The van der Waals surface area contributed by atoms with Gasteiger partial charge < -0.3 is 5.32 Å². The second kappa shape index (κ2) is 2.85. The van der Waals surface area contributed by atoms with Gasteiger partial charge in [0.2, 0.25) is 0 Å². The first-order valence-electron chi connectivity index (χ1n) is 5.26. The van der Waals surface area contributed by atoms with Crippen molar-refractivity contribution in [2.24, 2.45) is 0 Å². The van der Waals surface area contributed by atoms with Crippen molar-refractivity contribution < 1.29 is 0 Å². The Labute approximate surface area is 79.2 Å². The van der Waals surface area contributed by atoms with E-state index in [9.17, 15) is 0 Å². The van der Waals surface area contributed by atoms with E-state index in [-0.39, 0.29) is 0 Å². The maximum absolute atomic E-state index is 3.53. The van der Waals surface area contributed by atoms with Crippen molar-refractivity contribution in [1.82, 2.24) is 5.32 Å². The average molecular weight is 173 g/mol. The average Bonchev–Trinajstić information content (AvgIpc) is 2.44. The lowest BCUT2D eigenvalue weighted by atomic mass is 9.96. The molecule has 2 aliphatic rings. The first kappa shape index (κ1) is 7.57. The Morgan fingerprint density at radius 2 is 2.00 bits per heavy atom. The van der Waals surface area contributed by atoms with Gasteiger partial charge in [-0.15, -0.1) is 0 Å². The fourth-order valence-corrected chi connectivity index (χ4v) is 2.80. The Morgan fingerprint density at radius 3 is 2.92 bits per heavy atom. The van der Waals surface area contributed by atoms with E-state index in [0.717, 1.165) is 12.5 Å². The van der Waals surface area contributed by atoms with Crippen LogP contribution in [0.25, 0.3) is 0 Å². The lowest BCUT2D eigenvalue weighted by molar-refractivity contribution is 0.601. The highest BCUT2D eigenvalue weighted by Gasteiger charge is 2.25. The maximum Gasteiger partial charge on any atom is 0.00206 e. The molecule has 3 rings (SSSR count). The largest absolute Gasteiger partial charge is 0.316 e. The Bertz CT molecular complexity index is 330. The summed E-state index contributed by atoms with van der Waals surface area (Å²) in [7, 11) is 0. The molecule has 1 aliphatic carbocycles. The molecule has 1 heteroatoms. The molecule has 1 N–H and O–H groups in total. The van der Waals surface area contributed by atoms with Crippen LogP contribution in [0.3, 0.4) is 0 Å². The standard InChI is InChI=1S/C12H15N/c1-2-9-4-5-11-8-13-7-6-10(3-1)12(9)11/h1-3,11,13H,4-8H2. The van der Waals surface area contributed by atoms with Crippen molar-refractivity contribution in [2.75, 3.05) is 13.1 Å². The summed E-state index contributed by atoms with van der Waals surface area (Å²) in [6, 6.07) is 6.84. The van der Waals surface area contributed by atoms with Gasteiger partial charge in [-0.25, -0.2) is 0 Å². The summed E-state index contributed by atoms with van der Waals surface area (Å²) in [4.78, 5) is 0. The first-order valence-corrected chi connectivity index (χ1v) is 5.26. The number of benzene rings is 1. The number of hydrogen-bond donors (Lipinski definition) is 1. The van der Waals surface area contributed by atoms with Crippen LogP contribution in [-0.4, -0.2) is 13.1 Å². The van der Waals surface area contributed by atoms with Gasteiger partial charge in [0, 0.05) is 6.54 Å². The molecule has 1 aromatic carbocycles. The molecular weight excluding hydrogens is 158 g/mol. The molecular formula is C12H15N. The molecule has 1 aromatic rings. The lowest BCUT2D eigenvalue weighted by Crippen LogP contribution is -2.19. The van der Waals surface area contributed by atoms with Crippen LogP contribution in [0.2, 0.25) is 0 Å². The van der Waals surface area contributed by atoms with E-state index in [1.54, 1.807) is 16.7 Å². The second-order valence-corrected chi connectivity index (χ2v) is 4.18. The third-order valence-electron chi connectivity index (χ3n) is 3.42. The molecule has 0 radical (unpaired) electrons. The highest BCUT2D eigenvalue weighted by Crippen LogP contribution is 2.36. The van der Waals surface area contributed by atoms with Crippen molar-refractivity contribution in [3.8, 4) is 0 Å². The summed E-state index contributed by atoms with van der Waals surface area (Å²) in [5, 5.41) is 3.53. The van der Waals surface area contributed by atoms with Crippen molar-refractivity contribution in [2.45, 2.75) is 25.2 Å². The Balaban J connectivity index is 2.16. The number of hydrogen-bond acceptors (Lipinski definition) is 1. The normalized spacial score (nSPS) is 25.4. The molecule has 0 saturated heterocycles. The van der Waals surface area contributed by atoms with Crippen molar-refractivity contribution in [3.05, 3.63) is 34.9 Å². The van der Waals surface area contributed by atoms with Gasteiger partial charge >= 0.3 is 0 Å². The van der Waals surface area contributed by atoms with E-state index >= 15 is 0 Å². The van der Waals surface area contributed by atoms with Gasteiger partial charge in [0.1, 0.15) is 0 Å². The van der Waals surface area contributed by atoms with Crippen molar-refractivity contribution in [3.63, 3.8) is 0 Å². The zero-order valence-corrected chi connectivity index (χ0v) is 7.84. The highest BCUT2D eigenvalue weighted by atomic mass is 14.9. The smallest absolute Gasteiger partial charge is 0.00206 e. The van der Waals surface area contributed by atoms with Crippen LogP contribution in [0.15, 0.2) is 18.2 Å². The Kier molecular flexibility index (Phi) is 1.66. The Hall–Kier alpha value is -0.820. The van der Waals surface area contributed by atoms with Crippen molar-refractivity contribution >= 4 is 0 Å². The fraction of sp³-hybridized carbons (Fsp3) is 0.500. The predicted octanol–water partition coefficient (Wildman–Crippen LogP) is 1.86. The van der Waals surface area contributed by atoms with E-state index < -0.39 is 0 Å². The van der Waals surface area contributed by atoms with Gasteiger partial charge in [-0.3, -0.25) is 0 Å². The monoisotopic (exact) mass is 173 g/mol. The lowest BCUT2D eigenvalue weighted by Gasteiger charge is -2.10. The number of nitrogens with one attached hydrogen (secondary N) is 1. The highest BCUT2D eigenvalue weighted by molar-refractivity contribution is 5.42. The molecule has 0 aromatic heterocycles. The molecule has 0 spiro atoms.